The topological polar surface area (TPSA) is 91.8 Å². The van der Waals surface area contributed by atoms with Gasteiger partial charge in [-0.15, -0.1) is 11.3 Å². The van der Waals surface area contributed by atoms with Crippen LogP contribution in [-0.2, 0) is 10.2 Å². The molecule has 2 aromatic rings. The lowest BCUT2D eigenvalue weighted by Crippen LogP contribution is -2.43. The van der Waals surface area contributed by atoms with Crippen LogP contribution in [0.3, 0.4) is 0 Å². The third-order valence-corrected chi connectivity index (χ3v) is 4.59. The van der Waals surface area contributed by atoms with Crippen molar-refractivity contribution in [2.75, 3.05) is 16.0 Å². The lowest BCUT2D eigenvalue weighted by molar-refractivity contribution is -0.117. The molecule has 3 heterocycles. The largest absolute Gasteiger partial charge is 0.356 e. The average Bonchev–Trinajstić information content (AvgIpc) is 2.96. The number of fused-ring (bicyclic) bond motifs is 1. The number of amides is 1. The van der Waals surface area contributed by atoms with E-state index in [4.69, 9.17) is 0 Å². The maximum absolute atomic E-state index is 12.3. The molecular formula is C16H22N6OS. The van der Waals surface area contributed by atoms with Gasteiger partial charge in [0.2, 0.25) is 5.91 Å². The smallest absolute Gasteiger partial charge is 0.247 e. The molecule has 0 spiro atoms. The van der Waals surface area contributed by atoms with Crippen LogP contribution in [0.25, 0.3) is 0 Å². The zero-order valence-electron chi connectivity index (χ0n) is 14.5. The van der Waals surface area contributed by atoms with Crippen LogP contribution in [0.4, 0.5) is 22.5 Å². The summed E-state index contributed by atoms with van der Waals surface area (Å²) in [7, 11) is 0. The molecule has 0 aromatic carbocycles. The van der Waals surface area contributed by atoms with Crippen LogP contribution in [0, 0.1) is 5.92 Å². The summed E-state index contributed by atoms with van der Waals surface area (Å²) in [5, 5.41) is 12.0. The number of carbonyl (C=O) groups excluding carboxylic acids is 1. The Hall–Kier alpha value is -2.22. The number of rotatable bonds is 3. The van der Waals surface area contributed by atoms with E-state index >= 15 is 0 Å². The minimum Gasteiger partial charge on any atom is -0.356 e. The molecule has 7 nitrogen and oxygen atoms in total. The molecule has 3 N–H and O–H groups in total. The molecule has 0 radical (unpaired) electrons. The quantitative estimate of drug-likeness (QED) is 0.789. The van der Waals surface area contributed by atoms with Gasteiger partial charge in [-0.2, -0.15) is 0 Å². The van der Waals surface area contributed by atoms with Crippen LogP contribution in [0.2, 0.25) is 0 Å². The molecule has 0 saturated heterocycles. The third kappa shape index (κ3) is 3.19. The zero-order chi connectivity index (χ0) is 17.5. The van der Waals surface area contributed by atoms with Crippen molar-refractivity contribution in [3.63, 3.8) is 0 Å². The Labute approximate surface area is 145 Å². The Morgan fingerprint density at radius 2 is 2.04 bits per heavy atom. The van der Waals surface area contributed by atoms with Crippen LogP contribution in [-0.4, -0.2) is 26.9 Å². The molecule has 0 saturated carbocycles. The molecule has 1 atom stereocenters. The zero-order valence-corrected chi connectivity index (χ0v) is 15.3. The first-order valence-corrected chi connectivity index (χ1v) is 8.79. The van der Waals surface area contributed by atoms with E-state index in [0.29, 0.717) is 17.3 Å². The second kappa shape index (κ2) is 6.01. The molecule has 128 valence electrons. The van der Waals surface area contributed by atoms with Gasteiger partial charge < -0.3 is 16.0 Å². The van der Waals surface area contributed by atoms with Crippen molar-refractivity contribution < 1.29 is 4.79 Å². The molecule has 8 heteroatoms. The van der Waals surface area contributed by atoms with Gasteiger partial charge in [-0.1, -0.05) is 34.6 Å². The number of aromatic nitrogens is 3. The molecule has 1 aliphatic heterocycles. The number of nitrogens with one attached hydrogen (secondary N) is 3. The lowest BCUT2D eigenvalue weighted by Gasteiger charge is -2.29. The van der Waals surface area contributed by atoms with Gasteiger partial charge in [0.05, 0.1) is 5.69 Å². The van der Waals surface area contributed by atoms with E-state index in [0.717, 1.165) is 10.8 Å². The van der Waals surface area contributed by atoms with Crippen molar-refractivity contribution in [1.82, 2.24) is 15.0 Å². The fraction of sp³-hybridized carbons (Fsp3) is 0.500. The second-order valence-corrected chi connectivity index (χ2v) is 8.07. The summed E-state index contributed by atoms with van der Waals surface area (Å²) < 4.78 is 0. The molecule has 1 amide bonds. The van der Waals surface area contributed by atoms with Gasteiger partial charge in [-0.25, -0.2) is 15.0 Å². The highest BCUT2D eigenvalue weighted by Crippen LogP contribution is 2.35. The van der Waals surface area contributed by atoms with E-state index in [1.807, 2.05) is 19.2 Å². The molecule has 0 aliphatic carbocycles. The van der Waals surface area contributed by atoms with Crippen molar-refractivity contribution in [3.05, 3.63) is 17.4 Å². The molecule has 0 fully saturated rings. The van der Waals surface area contributed by atoms with Gasteiger partial charge in [0.15, 0.2) is 16.8 Å². The van der Waals surface area contributed by atoms with E-state index in [1.54, 1.807) is 0 Å². The predicted molar refractivity (Wildman–Crippen MR) is 97.0 cm³/mol. The van der Waals surface area contributed by atoms with E-state index in [2.05, 4.69) is 51.7 Å². The summed E-state index contributed by atoms with van der Waals surface area (Å²) in [4.78, 5) is 25.4. The molecule has 1 unspecified atom stereocenters. The normalized spacial score (nSPS) is 17.2. The standard InChI is InChI=1S/C16H22N6OS/c1-8(2)10-14(23)21-11-12(20-10)17-7-18-13(11)22-15-19-9(6-24-15)16(3,4)5/h6-8,10H,1-5H3,(H,21,23)(H2,17,18,19,20,22). The maximum Gasteiger partial charge on any atom is 0.247 e. The Kier molecular flexibility index (Phi) is 4.16. The van der Waals surface area contributed by atoms with Crippen molar-refractivity contribution in [2.24, 2.45) is 5.92 Å². The number of thiazole rings is 1. The Morgan fingerprint density at radius 1 is 1.29 bits per heavy atom. The highest BCUT2D eigenvalue weighted by Gasteiger charge is 2.31. The molecule has 1 aliphatic rings. The molecule has 3 rings (SSSR count). The van der Waals surface area contributed by atoms with Gasteiger partial charge in [-0.3, -0.25) is 4.79 Å². The first-order valence-electron chi connectivity index (χ1n) is 7.91. The number of nitrogens with zero attached hydrogens (tertiary/aromatic N) is 3. The summed E-state index contributed by atoms with van der Waals surface area (Å²) in [5.41, 5.74) is 1.56. The minimum absolute atomic E-state index is 0.0121. The number of carbonyl (C=O) groups is 1. The Morgan fingerprint density at radius 3 is 2.67 bits per heavy atom. The summed E-state index contributed by atoms with van der Waals surface area (Å²) in [6, 6.07) is -0.299. The van der Waals surface area contributed by atoms with E-state index in [-0.39, 0.29) is 23.3 Å². The minimum atomic E-state index is -0.299. The van der Waals surface area contributed by atoms with Crippen molar-refractivity contribution in [3.8, 4) is 0 Å². The highest BCUT2D eigenvalue weighted by molar-refractivity contribution is 7.13. The lowest BCUT2D eigenvalue weighted by atomic mass is 9.93. The third-order valence-electron chi connectivity index (χ3n) is 3.83. The van der Waals surface area contributed by atoms with Gasteiger partial charge in [0.1, 0.15) is 18.1 Å². The fourth-order valence-electron chi connectivity index (χ4n) is 2.37. The van der Waals surface area contributed by atoms with Crippen LogP contribution in [0.1, 0.15) is 40.3 Å². The van der Waals surface area contributed by atoms with Gasteiger partial charge >= 0.3 is 0 Å². The van der Waals surface area contributed by atoms with Gasteiger partial charge in [-0.05, 0) is 5.92 Å². The SMILES string of the molecule is CC(C)C1Nc2ncnc(Nc3nc(C(C)(C)C)cs3)c2NC1=O. The maximum atomic E-state index is 12.3. The second-order valence-electron chi connectivity index (χ2n) is 7.21. The first-order chi connectivity index (χ1) is 11.3. The average molecular weight is 346 g/mol. The van der Waals surface area contributed by atoms with Crippen LogP contribution in [0.15, 0.2) is 11.7 Å². The number of anilines is 4. The van der Waals surface area contributed by atoms with Crippen molar-refractivity contribution in [2.45, 2.75) is 46.1 Å². The monoisotopic (exact) mass is 346 g/mol. The summed E-state index contributed by atoms with van der Waals surface area (Å²) in [5.74, 6) is 1.25. The van der Waals surface area contributed by atoms with Crippen molar-refractivity contribution in [1.29, 1.82) is 0 Å². The van der Waals surface area contributed by atoms with E-state index in [1.165, 1.54) is 17.7 Å². The molecule has 2 aromatic heterocycles. The summed E-state index contributed by atoms with van der Waals surface area (Å²) in [6.45, 7) is 10.3. The van der Waals surface area contributed by atoms with E-state index in [9.17, 15) is 4.79 Å². The Balaban J connectivity index is 1.88. The van der Waals surface area contributed by atoms with Crippen molar-refractivity contribution >= 4 is 39.7 Å². The van der Waals surface area contributed by atoms with Crippen LogP contribution < -0.4 is 16.0 Å². The highest BCUT2D eigenvalue weighted by atomic mass is 32.1. The molecule has 24 heavy (non-hydrogen) atoms. The van der Waals surface area contributed by atoms with Gasteiger partial charge in [0, 0.05) is 10.8 Å². The predicted octanol–water partition coefficient (Wildman–Crippen LogP) is 3.36. The Bertz CT molecular complexity index is 764. The molecule has 0 bridgehead atoms. The van der Waals surface area contributed by atoms with Gasteiger partial charge in [0.25, 0.3) is 0 Å². The molecular weight excluding hydrogens is 324 g/mol. The fourth-order valence-corrected chi connectivity index (χ4v) is 3.30. The summed E-state index contributed by atoms with van der Waals surface area (Å²) in [6.07, 6.45) is 1.47. The number of hydrogen-bond acceptors (Lipinski definition) is 7. The van der Waals surface area contributed by atoms with E-state index < -0.39 is 0 Å². The number of hydrogen-bond donors (Lipinski definition) is 3. The first kappa shape index (κ1) is 16.6. The van der Waals surface area contributed by atoms with Crippen LogP contribution >= 0.6 is 11.3 Å². The summed E-state index contributed by atoms with van der Waals surface area (Å²) >= 11 is 1.51. The van der Waals surface area contributed by atoms with Crippen LogP contribution in [0.5, 0.6) is 0 Å².